The third kappa shape index (κ3) is 1.89. The summed E-state index contributed by atoms with van der Waals surface area (Å²) in [4.78, 5) is 16.5. The number of fused-ring (bicyclic) bond motifs is 2. The van der Waals surface area contributed by atoms with Gasteiger partial charge in [0.25, 0.3) is 0 Å². The molecule has 0 unspecified atom stereocenters. The molecular weight excluding hydrogens is 282 g/mol. The lowest BCUT2D eigenvalue weighted by molar-refractivity contribution is 0.939. The van der Waals surface area contributed by atoms with Crippen LogP contribution in [0.15, 0.2) is 47.5 Å². The van der Waals surface area contributed by atoms with Gasteiger partial charge in [-0.1, -0.05) is 17.4 Å². The zero-order chi connectivity index (χ0) is 14.6. The summed E-state index contributed by atoms with van der Waals surface area (Å²) in [5.41, 5.74) is 5.02. The molecule has 104 valence electrons. The van der Waals surface area contributed by atoms with Gasteiger partial charge in [-0.2, -0.15) is 0 Å². The quantitative estimate of drug-likeness (QED) is 0.541. The largest absolute Gasteiger partial charge is 0.307 e. The lowest BCUT2D eigenvalue weighted by atomic mass is 10.1. The van der Waals surface area contributed by atoms with Crippen LogP contribution in [0.2, 0.25) is 0 Å². The minimum Gasteiger partial charge on any atom is -0.306 e. The molecule has 4 nitrogen and oxygen atoms in total. The average molecular weight is 295 g/mol. The highest BCUT2D eigenvalue weighted by atomic mass is 32.1. The molecule has 0 atom stereocenters. The van der Waals surface area contributed by atoms with Crippen LogP contribution < -0.4 is 4.87 Å². The SMILES string of the molecule is Cc1ccn2cc(-c3ccc4sc(=O)n(C)c4c3)nc2c1. The maximum Gasteiger partial charge on any atom is 0.307 e. The summed E-state index contributed by atoms with van der Waals surface area (Å²) in [5, 5.41) is 0. The molecule has 0 aliphatic heterocycles. The van der Waals surface area contributed by atoms with Crippen LogP contribution in [0.3, 0.4) is 0 Å². The van der Waals surface area contributed by atoms with Crippen molar-refractivity contribution in [1.29, 1.82) is 0 Å². The normalized spacial score (nSPS) is 11.5. The van der Waals surface area contributed by atoms with Crippen molar-refractivity contribution in [3.8, 4) is 11.3 Å². The van der Waals surface area contributed by atoms with Crippen molar-refractivity contribution in [3.05, 3.63) is 58.0 Å². The molecule has 5 heteroatoms. The number of pyridine rings is 1. The Kier molecular flexibility index (Phi) is 2.53. The van der Waals surface area contributed by atoms with Crippen molar-refractivity contribution >= 4 is 27.2 Å². The molecule has 4 rings (SSSR count). The predicted molar refractivity (Wildman–Crippen MR) is 86.0 cm³/mol. The van der Waals surface area contributed by atoms with E-state index in [4.69, 9.17) is 0 Å². The van der Waals surface area contributed by atoms with Crippen LogP contribution in [-0.2, 0) is 7.05 Å². The maximum absolute atomic E-state index is 11.7. The Morgan fingerprint density at radius 3 is 2.90 bits per heavy atom. The summed E-state index contributed by atoms with van der Waals surface area (Å²) >= 11 is 1.27. The first-order valence-corrected chi connectivity index (χ1v) is 7.49. The average Bonchev–Trinajstić information content (AvgIpc) is 3.00. The molecule has 3 heterocycles. The Bertz CT molecular complexity index is 1040. The van der Waals surface area contributed by atoms with Crippen molar-refractivity contribution in [3.63, 3.8) is 0 Å². The molecule has 0 saturated heterocycles. The minimum atomic E-state index is 0.0628. The van der Waals surface area contributed by atoms with E-state index in [0.29, 0.717) is 0 Å². The first kappa shape index (κ1) is 12.3. The van der Waals surface area contributed by atoms with Crippen molar-refractivity contribution in [2.24, 2.45) is 7.05 Å². The number of aryl methyl sites for hydroxylation is 2. The van der Waals surface area contributed by atoms with Crippen LogP contribution >= 0.6 is 11.3 Å². The number of hydrogen-bond donors (Lipinski definition) is 0. The van der Waals surface area contributed by atoms with Crippen LogP contribution in [0.5, 0.6) is 0 Å². The first-order valence-electron chi connectivity index (χ1n) is 6.67. The van der Waals surface area contributed by atoms with Gasteiger partial charge in [0, 0.05) is 25.0 Å². The molecule has 0 aliphatic rings. The van der Waals surface area contributed by atoms with Gasteiger partial charge in [-0.25, -0.2) is 4.98 Å². The van der Waals surface area contributed by atoms with E-state index in [-0.39, 0.29) is 4.87 Å². The Balaban J connectivity index is 1.94. The number of imidazole rings is 1. The molecule has 3 aromatic heterocycles. The smallest absolute Gasteiger partial charge is 0.306 e. The Morgan fingerprint density at radius 1 is 1.19 bits per heavy atom. The molecule has 21 heavy (non-hydrogen) atoms. The van der Waals surface area contributed by atoms with E-state index in [1.807, 2.05) is 35.0 Å². The third-order valence-electron chi connectivity index (χ3n) is 3.70. The van der Waals surface area contributed by atoms with E-state index in [1.165, 1.54) is 16.9 Å². The van der Waals surface area contributed by atoms with E-state index in [1.54, 1.807) is 11.6 Å². The van der Waals surface area contributed by atoms with Crippen molar-refractivity contribution in [2.75, 3.05) is 0 Å². The van der Waals surface area contributed by atoms with Crippen LogP contribution in [0.25, 0.3) is 27.1 Å². The molecule has 0 amide bonds. The fraction of sp³-hybridized carbons (Fsp3) is 0.125. The molecule has 0 aliphatic carbocycles. The maximum atomic E-state index is 11.7. The fourth-order valence-corrected chi connectivity index (χ4v) is 3.37. The Hall–Kier alpha value is -2.40. The second-order valence-corrected chi connectivity index (χ2v) is 6.20. The molecule has 4 aromatic rings. The molecule has 0 radical (unpaired) electrons. The molecule has 0 fully saturated rings. The number of aromatic nitrogens is 3. The van der Waals surface area contributed by atoms with E-state index >= 15 is 0 Å². The lowest BCUT2D eigenvalue weighted by Gasteiger charge is -1.98. The second-order valence-electron chi connectivity index (χ2n) is 5.21. The van der Waals surface area contributed by atoms with E-state index in [9.17, 15) is 4.79 Å². The highest BCUT2D eigenvalue weighted by molar-refractivity contribution is 7.16. The van der Waals surface area contributed by atoms with Crippen molar-refractivity contribution in [2.45, 2.75) is 6.92 Å². The van der Waals surface area contributed by atoms with Crippen molar-refractivity contribution < 1.29 is 0 Å². The third-order valence-corrected chi connectivity index (χ3v) is 4.72. The number of benzene rings is 1. The van der Waals surface area contributed by atoms with E-state index < -0.39 is 0 Å². The first-order chi connectivity index (χ1) is 10.1. The van der Waals surface area contributed by atoms with Gasteiger partial charge >= 0.3 is 4.87 Å². The van der Waals surface area contributed by atoms with Gasteiger partial charge in [-0.15, -0.1) is 0 Å². The van der Waals surface area contributed by atoms with Gasteiger partial charge in [0.15, 0.2) is 0 Å². The Morgan fingerprint density at radius 2 is 2.05 bits per heavy atom. The van der Waals surface area contributed by atoms with Gasteiger partial charge in [-0.3, -0.25) is 4.79 Å². The Labute approximate surface area is 124 Å². The minimum absolute atomic E-state index is 0.0628. The summed E-state index contributed by atoms with van der Waals surface area (Å²) in [6, 6.07) is 10.2. The predicted octanol–water partition coefficient (Wildman–Crippen LogP) is 3.22. The van der Waals surface area contributed by atoms with Gasteiger partial charge in [0.05, 0.1) is 15.9 Å². The van der Waals surface area contributed by atoms with Gasteiger partial charge < -0.3 is 8.97 Å². The number of hydrogen-bond acceptors (Lipinski definition) is 3. The number of rotatable bonds is 1. The highest BCUT2D eigenvalue weighted by Gasteiger charge is 2.09. The summed E-state index contributed by atoms with van der Waals surface area (Å²) < 4.78 is 4.70. The zero-order valence-corrected chi connectivity index (χ0v) is 12.5. The van der Waals surface area contributed by atoms with E-state index in [0.717, 1.165) is 27.1 Å². The standard InChI is InChI=1S/C16H13N3OS/c1-10-5-6-19-9-12(17-15(19)7-10)11-3-4-14-13(8-11)18(2)16(20)21-14/h3-9H,1-2H3. The summed E-state index contributed by atoms with van der Waals surface area (Å²) in [7, 11) is 1.80. The monoisotopic (exact) mass is 295 g/mol. The molecule has 0 N–H and O–H groups in total. The van der Waals surface area contributed by atoms with Gasteiger partial charge in [-0.05, 0) is 36.8 Å². The van der Waals surface area contributed by atoms with Crippen LogP contribution in [-0.4, -0.2) is 14.0 Å². The van der Waals surface area contributed by atoms with Crippen LogP contribution in [0.4, 0.5) is 0 Å². The molecular formula is C16H13N3OS. The van der Waals surface area contributed by atoms with Gasteiger partial charge in [0.1, 0.15) is 5.65 Å². The zero-order valence-electron chi connectivity index (χ0n) is 11.7. The molecule has 0 spiro atoms. The molecule has 0 saturated carbocycles. The summed E-state index contributed by atoms with van der Waals surface area (Å²) in [6.07, 6.45) is 4.03. The number of thiazole rings is 1. The topological polar surface area (TPSA) is 39.3 Å². The van der Waals surface area contributed by atoms with Crippen LogP contribution in [0.1, 0.15) is 5.56 Å². The van der Waals surface area contributed by atoms with Crippen molar-refractivity contribution in [1.82, 2.24) is 14.0 Å². The lowest BCUT2D eigenvalue weighted by Crippen LogP contribution is -2.06. The number of nitrogens with zero attached hydrogens (tertiary/aromatic N) is 3. The fourth-order valence-electron chi connectivity index (χ4n) is 2.51. The van der Waals surface area contributed by atoms with Crippen LogP contribution in [0, 0.1) is 6.92 Å². The van der Waals surface area contributed by atoms with Gasteiger partial charge in [0.2, 0.25) is 0 Å². The van der Waals surface area contributed by atoms with E-state index in [2.05, 4.69) is 24.0 Å². The summed E-state index contributed by atoms with van der Waals surface area (Å²) in [6.45, 7) is 2.06. The molecule has 0 bridgehead atoms. The second kappa shape index (κ2) is 4.30. The highest BCUT2D eigenvalue weighted by Crippen LogP contribution is 2.25. The molecule has 1 aromatic carbocycles. The summed E-state index contributed by atoms with van der Waals surface area (Å²) in [5.74, 6) is 0.